The van der Waals surface area contributed by atoms with Crippen molar-refractivity contribution in [2.45, 2.75) is 45.4 Å². The molecule has 0 bridgehead atoms. The Labute approximate surface area is 222 Å². The molecular weight excluding hydrogens is 485 g/mol. The second-order valence-electron chi connectivity index (χ2n) is 10.4. The van der Waals surface area contributed by atoms with Crippen LogP contribution < -0.4 is 14.8 Å². The summed E-state index contributed by atoms with van der Waals surface area (Å²) >= 11 is 0. The van der Waals surface area contributed by atoms with Gasteiger partial charge in [-0.2, -0.15) is 0 Å². The number of pyridine rings is 1. The van der Waals surface area contributed by atoms with E-state index >= 15 is 0 Å². The summed E-state index contributed by atoms with van der Waals surface area (Å²) in [6, 6.07) is 14.8. The Morgan fingerprint density at radius 1 is 1.13 bits per heavy atom. The van der Waals surface area contributed by atoms with E-state index in [1.165, 1.54) is 4.90 Å². The first-order valence-corrected chi connectivity index (χ1v) is 12.3. The monoisotopic (exact) mass is 515 g/mol. The minimum absolute atomic E-state index is 0.0312. The summed E-state index contributed by atoms with van der Waals surface area (Å²) in [6.07, 6.45) is -0.527. The number of nitrogens with zero attached hydrogens (tertiary/aromatic N) is 2. The number of hydrogen-bond donors (Lipinski definition) is 2. The molecule has 4 rings (SSSR count). The number of carbonyl (C=O) groups is 3. The fourth-order valence-electron chi connectivity index (χ4n) is 4.65. The molecule has 10 heteroatoms. The molecule has 2 N–H and O–H groups in total. The number of hydrogen-bond acceptors (Lipinski definition) is 6. The van der Waals surface area contributed by atoms with E-state index in [1.807, 2.05) is 48.5 Å². The van der Waals surface area contributed by atoms with Crippen LogP contribution in [0.1, 0.15) is 27.2 Å². The molecule has 1 fully saturated rings. The van der Waals surface area contributed by atoms with E-state index in [9.17, 15) is 19.5 Å². The summed E-state index contributed by atoms with van der Waals surface area (Å²) in [5.74, 6) is -1.37. The fourth-order valence-corrected chi connectivity index (χ4v) is 4.65. The van der Waals surface area contributed by atoms with E-state index in [1.54, 1.807) is 33.9 Å². The first-order valence-electron chi connectivity index (χ1n) is 12.3. The molecule has 3 atom stereocenters. The lowest BCUT2D eigenvalue weighted by Gasteiger charge is -2.34. The Hall–Kier alpha value is -4.08. The third-order valence-electron chi connectivity index (χ3n) is 6.57. The smallest absolute Gasteiger partial charge is 0.326 e. The van der Waals surface area contributed by atoms with Gasteiger partial charge in [-0.15, -0.1) is 0 Å². The molecule has 1 aromatic heterocycles. The average molecular weight is 515 g/mol. The van der Waals surface area contributed by atoms with Crippen molar-refractivity contribution in [2.75, 3.05) is 13.7 Å². The maximum atomic E-state index is 13.5. The lowest BCUT2D eigenvalue weighted by atomic mass is 9.85. The summed E-state index contributed by atoms with van der Waals surface area (Å²) in [6.45, 7) is 5.35. The highest BCUT2D eigenvalue weighted by Crippen LogP contribution is 2.35. The molecule has 196 valence electrons. The molecule has 2 amide bonds. The van der Waals surface area contributed by atoms with Crippen LogP contribution in [-0.4, -0.2) is 72.4 Å². The van der Waals surface area contributed by atoms with E-state index in [-0.39, 0.29) is 13.0 Å². The minimum Gasteiger partial charge on any atom is -0.497 e. The SMILES string of the molecule is [B]C(=O)NC(C(=O)N1CC(Oc2cc(-c3ccccc3)nc3cc(OC)ccc23)CC1C(=O)O)C(C)(C)C. The number of amides is 2. The van der Waals surface area contributed by atoms with Gasteiger partial charge in [-0.1, -0.05) is 51.1 Å². The van der Waals surface area contributed by atoms with Gasteiger partial charge >= 0.3 is 5.97 Å². The molecular formula is C28H30BN3O6. The van der Waals surface area contributed by atoms with Crippen LogP contribution in [0.4, 0.5) is 4.79 Å². The summed E-state index contributed by atoms with van der Waals surface area (Å²) in [4.78, 5) is 43.3. The molecule has 3 aromatic rings. The Balaban J connectivity index is 1.69. The molecule has 1 aliphatic rings. The molecule has 9 nitrogen and oxygen atoms in total. The number of fused-ring (bicyclic) bond motifs is 1. The van der Waals surface area contributed by atoms with Crippen molar-refractivity contribution < 1.29 is 29.0 Å². The van der Waals surface area contributed by atoms with Crippen LogP contribution in [0.15, 0.2) is 54.6 Å². The van der Waals surface area contributed by atoms with E-state index in [4.69, 9.17) is 22.3 Å². The Bertz CT molecular complexity index is 1360. The quantitative estimate of drug-likeness (QED) is 0.462. The minimum atomic E-state index is -1.15. The van der Waals surface area contributed by atoms with Crippen LogP contribution in [0.3, 0.4) is 0 Å². The molecule has 2 heterocycles. The standard InChI is InChI=1S/C28H30BN3O6/c1-28(2,3)24(31-27(29)36)25(33)32-15-18(13-22(32)26(34)35)38-23-14-20(16-8-6-5-7-9-16)30-21-12-17(37-4)10-11-19(21)23/h5-12,14,18,22,24H,13,15H2,1-4H3,(H,31,36)(H,34,35). The predicted octanol–water partition coefficient (Wildman–Crippen LogP) is 3.64. The number of likely N-dealkylation sites (tertiary alicyclic amines) is 1. The van der Waals surface area contributed by atoms with Gasteiger partial charge in [0.15, 0.2) is 5.81 Å². The van der Waals surface area contributed by atoms with Crippen molar-refractivity contribution in [2.24, 2.45) is 5.41 Å². The molecule has 38 heavy (non-hydrogen) atoms. The van der Waals surface area contributed by atoms with Gasteiger partial charge in [-0.3, -0.25) is 9.59 Å². The molecule has 3 unspecified atom stereocenters. The molecule has 0 aliphatic carbocycles. The highest BCUT2D eigenvalue weighted by molar-refractivity contribution is 6.57. The normalized spacial score (nSPS) is 18.2. The van der Waals surface area contributed by atoms with Crippen molar-refractivity contribution in [3.05, 3.63) is 54.6 Å². The maximum absolute atomic E-state index is 13.5. The number of aliphatic carboxylic acids is 1. The Morgan fingerprint density at radius 2 is 1.84 bits per heavy atom. The van der Waals surface area contributed by atoms with Gasteiger partial charge in [0.05, 0.1) is 24.9 Å². The van der Waals surface area contributed by atoms with Crippen LogP contribution in [0.2, 0.25) is 0 Å². The average Bonchev–Trinajstić information content (AvgIpc) is 3.30. The van der Waals surface area contributed by atoms with Gasteiger partial charge in [-0.25, -0.2) is 9.78 Å². The molecule has 0 spiro atoms. The summed E-state index contributed by atoms with van der Waals surface area (Å²) in [5.41, 5.74) is 1.53. The van der Waals surface area contributed by atoms with Gasteiger partial charge in [0, 0.05) is 29.5 Å². The number of benzene rings is 2. The van der Waals surface area contributed by atoms with Crippen LogP contribution in [0.25, 0.3) is 22.2 Å². The van der Waals surface area contributed by atoms with E-state index in [0.29, 0.717) is 22.7 Å². The number of methoxy groups -OCH3 is 1. The first kappa shape index (κ1) is 27.0. The van der Waals surface area contributed by atoms with Crippen LogP contribution in [0, 0.1) is 5.41 Å². The van der Waals surface area contributed by atoms with E-state index in [2.05, 4.69) is 5.32 Å². The lowest BCUT2D eigenvalue weighted by molar-refractivity contribution is -0.150. The Morgan fingerprint density at radius 3 is 2.45 bits per heavy atom. The number of carbonyl (C=O) groups excluding carboxylic acids is 2. The van der Waals surface area contributed by atoms with Crippen LogP contribution >= 0.6 is 0 Å². The number of rotatable bonds is 7. The van der Waals surface area contributed by atoms with Gasteiger partial charge in [0.2, 0.25) is 13.8 Å². The number of nitrogens with one attached hydrogen (secondary N) is 1. The largest absolute Gasteiger partial charge is 0.497 e. The predicted molar refractivity (Wildman–Crippen MR) is 143 cm³/mol. The van der Waals surface area contributed by atoms with E-state index < -0.39 is 41.3 Å². The first-order chi connectivity index (χ1) is 18.0. The third-order valence-corrected chi connectivity index (χ3v) is 6.57. The zero-order valence-corrected chi connectivity index (χ0v) is 21.8. The summed E-state index contributed by atoms with van der Waals surface area (Å²) < 4.78 is 11.8. The van der Waals surface area contributed by atoms with Gasteiger partial charge in [-0.05, 0) is 17.5 Å². The summed E-state index contributed by atoms with van der Waals surface area (Å²) in [5, 5.41) is 13.1. The second-order valence-corrected chi connectivity index (χ2v) is 10.4. The zero-order chi connectivity index (χ0) is 27.6. The van der Waals surface area contributed by atoms with Crippen molar-refractivity contribution in [1.29, 1.82) is 0 Å². The third kappa shape index (κ3) is 5.74. The number of carboxylic acid groups (broad SMARTS) is 1. The number of carboxylic acids is 1. The molecule has 2 aromatic carbocycles. The number of aromatic nitrogens is 1. The molecule has 1 aliphatic heterocycles. The fraction of sp³-hybridized carbons (Fsp3) is 0.357. The molecule has 2 radical (unpaired) electrons. The van der Waals surface area contributed by atoms with Crippen molar-refractivity contribution in [3.8, 4) is 22.8 Å². The maximum Gasteiger partial charge on any atom is 0.326 e. The topological polar surface area (TPSA) is 118 Å². The molecule has 1 saturated heterocycles. The van der Waals surface area contributed by atoms with E-state index in [0.717, 1.165) is 10.9 Å². The lowest BCUT2D eigenvalue weighted by Crippen LogP contribution is -2.56. The van der Waals surface area contributed by atoms with Gasteiger partial charge in [0.25, 0.3) is 0 Å². The zero-order valence-electron chi connectivity index (χ0n) is 21.8. The van der Waals surface area contributed by atoms with Crippen LogP contribution in [0.5, 0.6) is 11.5 Å². The summed E-state index contributed by atoms with van der Waals surface area (Å²) in [7, 11) is 6.89. The van der Waals surface area contributed by atoms with Gasteiger partial charge in [0.1, 0.15) is 29.7 Å². The van der Waals surface area contributed by atoms with Crippen LogP contribution in [-0.2, 0) is 9.59 Å². The van der Waals surface area contributed by atoms with Crippen molar-refractivity contribution in [1.82, 2.24) is 15.2 Å². The molecule has 0 saturated carbocycles. The van der Waals surface area contributed by atoms with Crippen molar-refractivity contribution in [3.63, 3.8) is 0 Å². The highest BCUT2D eigenvalue weighted by Gasteiger charge is 2.45. The second kappa shape index (κ2) is 10.7. The van der Waals surface area contributed by atoms with Gasteiger partial charge < -0.3 is 24.8 Å². The number of ether oxygens (including phenoxy) is 2. The Kier molecular flexibility index (Phi) is 7.62. The van der Waals surface area contributed by atoms with Crippen molar-refractivity contribution >= 4 is 36.4 Å². The highest BCUT2D eigenvalue weighted by atomic mass is 16.5.